The van der Waals surface area contributed by atoms with Gasteiger partial charge in [-0.05, 0) is 31.5 Å². The number of hydrogen-bond acceptors (Lipinski definition) is 7. The van der Waals surface area contributed by atoms with Gasteiger partial charge in [-0.15, -0.1) is 5.06 Å². The zero-order valence-electron chi connectivity index (χ0n) is 13.6. The maximum atomic E-state index is 12.0. The molecule has 1 fully saturated rings. The van der Waals surface area contributed by atoms with Crippen molar-refractivity contribution in [3.8, 4) is 5.75 Å². The second kappa shape index (κ2) is 6.39. The second-order valence-electron chi connectivity index (χ2n) is 5.66. The van der Waals surface area contributed by atoms with E-state index in [1.54, 1.807) is 19.1 Å². The monoisotopic (exact) mass is 345 g/mol. The quantitative estimate of drug-likeness (QED) is 0.610. The first kappa shape index (κ1) is 16.7. The summed E-state index contributed by atoms with van der Waals surface area (Å²) >= 11 is 0. The van der Waals surface area contributed by atoms with Gasteiger partial charge in [0.15, 0.2) is 6.10 Å². The van der Waals surface area contributed by atoms with Crippen molar-refractivity contribution in [2.75, 3.05) is 0 Å². The lowest BCUT2D eigenvalue weighted by atomic mass is 10.1. The van der Waals surface area contributed by atoms with Crippen molar-refractivity contribution in [1.29, 1.82) is 0 Å². The van der Waals surface area contributed by atoms with Gasteiger partial charge in [0.2, 0.25) is 0 Å². The van der Waals surface area contributed by atoms with E-state index in [-0.39, 0.29) is 18.6 Å². The molecule has 0 saturated carbocycles. The maximum Gasteiger partial charge on any atom is 0.372 e. The Bertz CT molecular complexity index is 914. The molecule has 130 valence electrons. The number of nitrogens with zero attached hydrogens (tertiary/aromatic N) is 1. The van der Waals surface area contributed by atoms with Crippen molar-refractivity contribution in [2.24, 2.45) is 0 Å². The van der Waals surface area contributed by atoms with Crippen LogP contribution in [0.1, 0.15) is 25.3 Å². The van der Waals surface area contributed by atoms with Crippen LogP contribution in [0.4, 0.5) is 0 Å². The van der Waals surface area contributed by atoms with E-state index in [1.165, 1.54) is 19.1 Å². The molecule has 2 amide bonds. The fourth-order valence-corrected chi connectivity index (χ4v) is 2.45. The summed E-state index contributed by atoms with van der Waals surface area (Å²) in [4.78, 5) is 51.2. The molecule has 2 aromatic rings. The van der Waals surface area contributed by atoms with Crippen LogP contribution < -0.4 is 10.4 Å². The Morgan fingerprint density at radius 1 is 1.16 bits per heavy atom. The molecule has 0 N–H and O–H groups in total. The molecule has 0 bridgehead atoms. The van der Waals surface area contributed by atoms with Crippen LogP contribution in [0.2, 0.25) is 0 Å². The summed E-state index contributed by atoms with van der Waals surface area (Å²) in [6.07, 6.45) is -1.04. The SMILES string of the molecule is Cc1cc(=O)oc2cc(O[C@H](C)C(=O)ON3C(=O)CCC3=O)ccc12. The van der Waals surface area contributed by atoms with Gasteiger partial charge >= 0.3 is 11.6 Å². The summed E-state index contributed by atoms with van der Waals surface area (Å²) in [6, 6.07) is 6.19. The van der Waals surface area contributed by atoms with Gasteiger partial charge in [-0.3, -0.25) is 9.59 Å². The lowest BCUT2D eigenvalue weighted by molar-refractivity contribution is -0.201. The first-order valence-electron chi connectivity index (χ1n) is 7.64. The van der Waals surface area contributed by atoms with Crippen molar-refractivity contribution in [3.05, 3.63) is 40.2 Å². The number of hydroxylamine groups is 2. The van der Waals surface area contributed by atoms with Crippen LogP contribution in [-0.4, -0.2) is 29.0 Å². The molecule has 1 aromatic carbocycles. The van der Waals surface area contributed by atoms with Gasteiger partial charge in [-0.1, -0.05) is 0 Å². The number of ether oxygens (including phenoxy) is 1. The highest BCUT2D eigenvalue weighted by Crippen LogP contribution is 2.23. The molecule has 1 atom stereocenters. The van der Waals surface area contributed by atoms with E-state index in [0.29, 0.717) is 10.6 Å². The molecule has 1 aliphatic heterocycles. The molecule has 8 heteroatoms. The lowest BCUT2D eigenvalue weighted by Gasteiger charge is -2.17. The highest BCUT2D eigenvalue weighted by Gasteiger charge is 2.34. The second-order valence-corrected chi connectivity index (χ2v) is 5.66. The van der Waals surface area contributed by atoms with Gasteiger partial charge in [-0.2, -0.15) is 0 Å². The third-order valence-electron chi connectivity index (χ3n) is 3.75. The van der Waals surface area contributed by atoms with E-state index in [2.05, 4.69) is 0 Å². The van der Waals surface area contributed by atoms with E-state index >= 15 is 0 Å². The number of rotatable bonds is 4. The molecule has 0 aliphatic carbocycles. The minimum absolute atomic E-state index is 0.0183. The number of benzene rings is 1. The largest absolute Gasteiger partial charge is 0.479 e. The van der Waals surface area contributed by atoms with Gasteiger partial charge in [0.05, 0.1) is 0 Å². The van der Waals surface area contributed by atoms with Crippen LogP contribution in [0, 0.1) is 6.92 Å². The number of carbonyl (C=O) groups is 3. The predicted molar refractivity (Wildman–Crippen MR) is 84.5 cm³/mol. The van der Waals surface area contributed by atoms with Crippen molar-refractivity contribution in [3.63, 3.8) is 0 Å². The highest BCUT2D eigenvalue weighted by molar-refractivity contribution is 6.01. The van der Waals surface area contributed by atoms with E-state index in [0.717, 1.165) is 10.9 Å². The number of fused-ring (bicyclic) bond motifs is 1. The third-order valence-corrected chi connectivity index (χ3v) is 3.75. The molecule has 1 saturated heterocycles. The Labute approximate surface area is 141 Å². The van der Waals surface area contributed by atoms with Crippen molar-refractivity contribution >= 4 is 28.8 Å². The molecule has 3 rings (SSSR count). The summed E-state index contributed by atoms with van der Waals surface area (Å²) in [7, 11) is 0. The molecule has 8 nitrogen and oxygen atoms in total. The third kappa shape index (κ3) is 3.37. The summed E-state index contributed by atoms with van der Waals surface area (Å²) in [5.41, 5.74) is 0.602. The Kier molecular flexibility index (Phi) is 4.26. The minimum atomic E-state index is -1.07. The first-order chi connectivity index (χ1) is 11.8. The fraction of sp³-hybridized carbons (Fsp3) is 0.294. The van der Waals surface area contributed by atoms with Gasteiger partial charge in [0.25, 0.3) is 11.8 Å². The normalized spacial score (nSPS) is 15.5. The Hall–Kier alpha value is -3.16. The van der Waals surface area contributed by atoms with Gasteiger partial charge in [-0.25, -0.2) is 9.59 Å². The smallest absolute Gasteiger partial charge is 0.372 e. The summed E-state index contributed by atoms with van der Waals surface area (Å²) < 4.78 is 10.6. The van der Waals surface area contributed by atoms with E-state index in [9.17, 15) is 19.2 Å². The highest BCUT2D eigenvalue weighted by atomic mass is 16.7. The zero-order valence-corrected chi connectivity index (χ0v) is 13.6. The van der Waals surface area contributed by atoms with Gasteiger partial charge < -0.3 is 14.0 Å². The van der Waals surface area contributed by atoms with Crippen molar-refractivity contribution in [2.45, 2.75) is 32.8 Å². The topological polar surface area (TPSA) is 103 Å². The number of imide groups is 1. The lowest BCUT2D eigenvalue weighted by Crippen LogP contribution is -2.37. The maximum absolute atomic E-state index is 12.0. The average molecular weight is 345 g/mol. The molecule has 25 heavy (non-hydrogen) atoms. The Balaban J connectivity index is 1.74. The van der Waals surface area contributed by atoms with E-state index < -0.39 is 29.5 Å². The summed E-state index contributed by atoms with van der Waals surface area (Å²) in [6.45, 7) is 3.20. The van der Waals surface area contributed by atoms with Crippen molar-refractivity contribution < 1.29 is 28.4 Å². The molecule has 2 heterocycles. The summed E-state index contributed by atoms with van der Waals surface area (Å²) in [5.74, 6) is -1.72. The number of carbonyl (C=O) groups excluding carboxylic acids is 3. The molecule has 0 radical (unpaired) electrons. The van der Waals surface area contributed by atoms with Crippen LogP contribution in [0.3, 0.4) is 0 Å². The molecule has 1 aliphatic rings. The molecule has 0 unspecified atom stereocenters. The van der Waals surface area contributed by atoms with Crippen LogP contribution in [0.5, 0.6) is 5.75 Å². The molecule has 1 aromatic heterocycles. The van der Waals surface area contributed by atoms with E-state index in [1.807, 2.05) is 0 Å². The standard InChI is InChI=1S/C17H15NO7/c1-9-7-16(21)24-13-8-11(3-4-12(9)13)23-10(2)17(22)25-18-14(19)5-6-15(18)20/h3-4,7-8,10H,5-6H2,1-2H3/t10-/m1/s1. The average Bonchev–Trinajstić information content (AvgIpc) is 2.86. The molecular weight excluding hydrogens is 330 g/mol. The van der Waals surface area contributed by atoms with Crippen molar-refractivity contribution in [1.82, 2.24) is 5.06 Å². The minimum Gasteiger partial charge on any atom is -0.479 e. The van der Waals surface area contributed by atoms with Crippen LogP contribution >= 0.6 is 0 Å². The summed E-state index contributed by atoms with van der Waals surface area (Å²) in [5, 5.41) is 1.21. The zero-order chi connectivity index (χ0) is 18.1. The Morgan fingerprint density at radius 3 is 2.52 bits per heavy atom. The molecular formula is C17H15NO7. The van der Waals surface area contributed by atoms with Gasteiger partial charge in [0, 0.05) is 30.4 Å². The first-order valence-corrected chi connectivity index (χ1v) is 7.64. The number of hydrogen-bond donors (Lipinski definition) is 0. The molecule has 0 spiro atoms. The number of amides is 2. The van der Waals surface area contributed by atoms with Gasteiger partial charge in [0.1, 0.15) is 11.3 Å². The Morgan fingerprint density at radius 2 is 1.84 bits per heavy atom. The fourth-order valence-electron chi connectivity index (χ4n) is 2.45. The van der Waals surface area contributed by atoms with Crippen LogP contribution in [0.15, 0.2) is 33.5 Å². The number of aryl methyl sites for hydroxylation is 1. The predicted octanol–water partition coefficient (Wildman–Crippen LogP) is 1.48. The van der Waals surface area contributed by atoms with Crippen LogP contribution in [-0.2, 0) is 19.2 Å². The van der Waals surface area contributed by atoms with Crippen LogP contribution in [0.25, 0.3) is 11.0 Å². The van der Waals surface area contributed by atoms with E-state index in [4.69, 9.17) is 14.0 Å².